The predicted octanol–water partition coefficient (Wildman–Crippen LogP) is 3.12. The lowest BCUT2D eigenvalue weighted by molar-refractivity contribution is -0.137. The maximum Gasteiger partial charge on any atom is 0.262 e. The van der Waals surface area contributed by atoms with Gasteiger partial charge >= 0.3 is 0 Å². The third-order valence-electron chi connectivity index (χ3n) is 6.70. The molecule has 0 unspecified atom stereocenters. The van der Waals surface area contributed by atoms with E-state index in [9.17, 15) is 13.2 Å². The van der Waals surface area contributed by atoms with E-state index in [2.05, 4.69) is 4.98 Å². The van der Waals surface area contributed by atoms with Crippen LogP contribution in [0.2, 0.25) is 5.02 Å². The molecule has 2 fully saturated rings. The van der Waals surface area contributed by atoms with Crippen LogP contribution in [0.5, 0.6) is 0 Å². The Bertz CT molecular complexity index is 1040. The van der Waals surface area contributed by atoms with Crippen LogP contribution in [0.15, 0.2) is 35.5 Å². The molecular weight excluding hydrogens is 436 g/mol. The Labute approximate surface area is 189 Å². The van der Waals surface area contributed by atoms with Gasteiger partial charge in [0.2, 0.25) is 5.91 Å². The maximum atomic E-state index is 13.7. The van der Waals surface area contributed by atoms with Gasteiger partial charge in [-0.05, 0) is 43.9 Å². The van der Waals surface area contributed by atoms with Gasteiger partial charge in [-0.3, -0.25) is 4.79 Å². The van der Waals surface area contributed by atoms with Crippen LogP contribution in [-0.2, 0) is 27.3 Å². The Balaban J connectivity index is 1.54. The summed E-state index contributed by atoms with van der Waals surface area (Å²) in [5.41, 5.74) is 0.480. The van der Waals surface area contributed by atoms with Gasteiger partial charge in [0, 0.05) is 44.4 Å². The predicted molar refractivity (Wildman–Crippen MR) is 119 cm³/mol. The van der Waals surface area contributed by atoms with Gasteiger partial charge in [-0.25, -0.2) is 13.4 Å². The molecule has 1 aliphatic carbocycles. The van der Waals surface area contributed by atoms with Crippen molar-refractivity contribution in [2.45, 2.75) is 49.5 Å². The first-order valence-corrected chi connectivity index (χ1v) is 12.6. The summed E-state index contributed by atoms with van der Waals surface area (Å²) in [6.45, 7) is 3.39. The SMILES string of the molecule is Cc1nc(S(=O)(=O)N2CCCN(C(=O)C3(c4ccc(Cl)cc4)CCCC3)CC2)cn1C. The quantitative estimate of drug-likeness (QED) is 0.696. The average molecular weight is 465 g/mol. The number of nitrogens with zero attached hydrogens (tertiary/aromatic N) is 4. The Morgan fingerprint density at radius 1 is 1.03 bits per heavy atom. The number of aryl methyl sites for hydroxylation is 2. The number of sulfonamides is 1. The molecule has 1 aromatic carbocycles. The van der Waals surface area contributed by atoms with Gasteiger partial charge in [-0.1, -0.05) is 36.6 Å². The van der Waals surface area contributed by atoms with Crippen molar-refractivity contribution >= 4 is 27.5 Å². The van der Waals surface area contributed by atoms with Crippen molar-refractivity contribution in [3.05, 3.63) is 46.9 Å². The Morgan fingerprint density at radius 3 is 2.32 bits per heavy atom. The minimum Gasteiger partial charge on any atom is -0.341 e. The highest BCUT2D eigenvalue weighted by molar-refractivity contribution is 7.89. The lowest BCUT2D eigenvalue weighted by atomic mass is 9.77. The molecule has 2 aromatic rings. The summed E-state index contributed by atoms with van der Waals surface area (Å²) in [6.07, 6.45) is 5.82. The smallest absolute Gasteiger partial charge is 0.262 e. The normalized spacial score (nSPS) is 20.0. The molecule has 0 radical (unpaired) electrons. The largest absolute Gasteiger partial charge is 0.341 e. The van der Waals surface area contributed by atoms with Crippen LogP contribution in [0.3, 0.4) is 0 Å². The molecule has 7 nitrogen and oxygen atoms in total. The van der Waals surface area contributed by atoms with E-state index in [1.165, 1.54) is 4.31 Å². The first-order chi connectivity index (χ1) is 14.7. The van der Waals surface area contributed by atoms with Crippen molar-refractivity contribution in [3.63, 3.8) is 0 Å². The molecule has 0 atom stereocenters. The van der Waals surface area contributed by atoms with Crippen molar-refractivity contribution in [1.82, 2.24) is 18.8 Å². The van der Waals surface area contributed by atoms with Crippen molar-refractivity contribution in [3.8, 4) is 0 Å². The Morgan fingerprint density at radius 2 is 1.71 bits per heavy atom. The van der Waals surface area contributed by atoms with Crippen molar-refractivity contribution in [2.75, 3.05) is 26.2 Å². The van der Waals surface area contributed by atoms with Crippen LogP contribution >= 0.6 is 11.6 Å². The fourth-order valence-electron chi connectivity index (χ4n) is 4.80. The summed E-state index contributed by atoms with van der Waals surface area (Å²) in [7, 11) is -1.90. The molecule has 2 heterocycles. The van der Waals surface area contributed by atoms with Gasteiger partial charge in [0.25, 0.3) is 10.0 Å². The van der Waals surface area contributed by atoms with E-state index in [1.807, 2.05) is 29.2 Å². The van der Waals surface area contributed by atoms with E-state index in [0.717, 1.165) is 31.2 Å². The number of imidazole rings is 1. The first-order valence-electron chi connectivity index (χ1n) is 10.8. The third kappa shape index (κ3) is 4.13. The van der Waals surface area contributed by atoms with E-state index in [0.29, 0.717) is 36.9 Å². The number of aromatic nitrogens is 2. The van der Waals surface area contributed by atoms with Crippen molar-refractivity contribution in [2.24, 2.45) is 7.05 Å². The topological polar surface area (TPSA) is 75.5 Å². The van der Waals surface area contributed by atoms with Gasteiger partial charge < -0.3 is 9.47 Å². The van der Waals surface area contributed by atoms with Gasteiger partial charge in [-0.15, -0.1) is 0 Å². The van der Waals surface area contributed by atoms with Crippen LogP contribution in [0.4, 0.5) is 0 Å². The fourth-order valence-corrected chi connectivity index (χ4v) is 6.42. The standard InChI is InChI=1S/C22H29ClN4O3S/c1-17-24-20(16-25(17)2)31(29,30)27-13-5-12-26(14-15-27)21(28)22(10-3-4-11-22)18-6-8-19(23)9-7-18/h6-9,16H,3-5,10-15H2,1-2H3. The van der Waals surface area contributed by atoms with Crippen LogP contribution < -0.4 is 0 Å². The zero-order valence-corrected chi connectivity index (χ0v) is 19.6. The number of hydrogen-bond donors (Lipinski definition) is 0. The highest BCUT2D eigenvalue weighted by Crippen LogP contribution is 2.43. The molecule has 1 aromatic heterocycles. The van der Waals surface area contributed by atoms with Crippen molar-refractivity contribution < 1.29 is 13.2 Å². The van der Waals surface area contributed by atoms with Gasteiger partial charge in [0.05, 0.1) is 5.41 Å². The summed E-state index contributed by atoms with van der Waals surface area (Å²) in [4.78, 5) is 19.8. The minimum atomic E-state index is -3.68. The van der Waals surface area contributed by atoms with Crippen molar-refractivity contribution in [1.29, 1.82) is 0 Å². The van der Waals surface area contributed by atoms with Crippen LogP contribution in [0.25, 0.3) is 0 Å². The molecule has 0 spiro atoms. The summed E-state index contributed by atoms with van der Waals surface area (Å²) in [6, 6.07) is 7.61. The Hall–Kier alpha value is -1.90. The number of amides is 1. The summed E-state index contributed by atoms with van der Waals surface area (Å²) in [5.74, 6) is 0.761. The lowest BCUT2D eigenvalue weighted by Gasteiger charge is -2.34. The number of carbonyl (C=O) groups is 1. The zero-order chi connectivity index (χ0) is 22.2. The molecule has 1 saturated carbocycles. The van der Waals surface area contributed by atoms with Crippen LogP contribution in [0, 0.1) is 6.92 Å². The minimum absolute atomic E-state index is 0.0701. The lowest BCUT2D eigenvalue weighted by Crippen LogP contribution is -2.47. The number of benzene rings is 1. The van der Waals surface area contributed by atoms with E-state index in [1.54, 1.807) is 24.7 Å². The van der Waals surface area contributed by atoms with Crippen LogP contribution in [-0.4, -0.2) is 59.3 Å². The summed E-state index contributed by atoms with van der Waals surface area (Å²) >= 11 is 6.07. The second kappa shape index (κ2) is 8.56. The van der Waals surface area contributed by atoms with E-state index in [4.69, 9.17) is 11.6 Å². The van der Waals surface area contributed by atoms with E-state index >= 15 is 0 Å². The number of rotatable bonds is 4. The molecule has 1 aliphatic heterocycles. The molecule has 0 N–H and O–H groups in total. The Kier molecular flexibility index (Phi) is 6.16. The van der Waals surface area contributed by atoms with Gasteiger partial charge in [0.1, 0.15) is 5.82 Å². The molecule has 1 amide bonds. The highest BCUT2D eigenvalue weighted by Gasteiger charge is 2.45. The van der Waals surface area contributed by atoms with Gasteiger partial charge in [0.15, 0.2) is 5.03 Å². The summed E-state index contributed by atoms with van der Waals surface area (Å²) < 4.78 is 29.3. The molecule has 0 bridgehead atoms. The third-order valence-corrected chi connectivity index (χ3v) is 8.72. The maximum absolute atomic E-state index is 13.7. The fraction of sp³-hybridized carbons (Fsp3) is 0.545. The number of carbonyl (C=O) groups excluding carboxylic acids is 1. The van der Waals surface area contributed by atoms with Gasteiger partial charge in [-0.2, -0.15) is 4.31 Å². The first kappa shape index (κ1) is 22.3. The average Bonchev–Trinajstić information content (AvgIpc) is 3.28. The molecule has 168 valence electrons. The van der Waals surface area contributed by atoms with E-state index < -0.39 is 15.4 Å². The summed E-state index contributed by atoms with van der Waals surface area (Å²) in [5, 5.41) is 0.727. The van der Waals surface area contributed by atoms with Crippen LogP contribution in [0.1, 0.15) is 43.5 Å². The molecule has 1 saturated heterocycles. The molecule has 2 aliphatic rings. The second-order valence-corrected chi connectivity index (χ2v) is 10.9. The highest BCUT2D eigenvalue weighted by atomic mass is 35.5. The second-order valence-electron chi connectivity index (χ2n) is 8.58. The monoisotopic (exact) mass is 464 g/mol. The molecule has 4 rings (SSSR count). The molecule has 9 heteroatoms. The number of hydrogen-bond acceptors (Lipinski definition) is 4. The zero-order valence-electron chi connectivity index (χ0n) is 18.1. The molecular formula is C22H29ClN4O3S. The van der Waals surface area contributed by atoms with E-state index in [-0.39, 0.29) is 17.5 Å². The molecule has 31 heavy (non-hydrogen) atoms. The number of halogens is 1.